The van der Waals surface area contributed by atoms with Crippen LogP contribution in [0.5, 0.6) is 0 Å². The lowest BCUT2D eigenvalue weighted by Gasteiger charge is -2.13. The number of likely N-dealkylation sites (N-methyl/N-ethyl adjacent to an activating group) is 1. The summed E-state index contributed by atoms with van der Waals surface area (Å²) in [5, 5.41) is 7.30. The van der Waals surface area contributed by atoms with Gasteiger partial charge in [-0.2, -0.15) is 5.10 Å². The highest BCUT2D eigenvalue weighted by Gasteiger charge is 2.19. The Kier molecular flexibility index (Phi) is 2.88. The molecule has 0 aliphatic heterocycles. The van der Waals surface area contributed by atoms with Crippen molar-refractivity contribution in [3.8, 4) is 0 Å². The molecule has 2 aromatic rings. The maximum Gasteiger partial charge on any atom is 0.275 e. The molecule has 0 atom stereocenters. The third kappa shape index (κ3) is 2.10. The predicted molar refractivity (Wildman–Crippen MR) is 66.7 cm³/mol. The van der Waals surface area contributed by atoms with Gasteiger partial charge in [0.2, 0.25) is 5.91 Å². The number of nitrogen functional groups attached to an aromatic ring is 1. The van der Waals surface area contributed by atoms with Crippen LogP contribution in [0.4, 0.5) is 5.69 Å². The first kappa shape index (κ1) is 11.9. The quantitative estimate of drug-likeness (QED) is 0.645. The summed E-state index contributed by atoms with van der Waals surface area (Å²) >= 11 is 0. The van der Waals surface area contributed by atoms with E-state index in [1.807, 2.05) is 0 Å². The number of primary amides is 1. The third-order valence-electron chi connectivity index (χ3n) is 2.53. The molecular formula is C11H13N5O2. The number of hydrogen-bond donors (Lipinski definition) is 3. The van der Waals surface area contributed by atoms with Crippen LogP contribution < -0.4 is 11.5 Å². The van der Waals surface area contributed by atoms with Gasteiger partial charge in [-0.1, -0.05) is 0 Å². The number of anilines is 1. The van der Waals surface area contributed by atoms with Crippen molar-refractivity contribution < 1.29 is 9.59 Å². The lowest BCUT2D eigenvalue weighted by Crippen LogP contribution is -2.35. The third-order valence-corrected chi connectivity index (χ3v) is 2.53. The molecule has 2 rings (SSSR count). The molecule has 0 saturated carbocycles. The van der Waals surface area contributed by atoms with Gasteiger partial charge in [-0.05, 0) is 18.2 Å². The van der Waals surface area contributed by atoms with E-state index < -0.39 is 5.91 Å². The Bertz CT molecular complexity index is 619. The molecule has 0 spiro atoms. The van der Waals surface area contributed by atoms with Gasteiger partial charge in [-0.3, -0.25) is 14.7 Å². The monoisotopic (exact) mass is 247 g/mol. The summed E-state index contributed by atoms with van der Waals surface area (Å²) in [6, 6.07) is 5.11. The summed E-state index contributed by atoms with van der Waals surface area (Å²) < 4.78 is 0. The van der Waals surface area contributed by atoms with Crippen molar-refractivity contribution in [2.24, 2.45) is 5.73 Å². The molecule has 0 aliphatic carbocycles. The minimum absolute atomic E-state index is 0.157. The Morgan fingerprint density at radius 2 is 2.17 bits per heavy atom. The number of aromatic nitrogens is 2. The van der Waals surface area contributed by atoms with E-state index in [2.05, 4.69) is 10.2 Å². The number of amides is 2. The maximum absolute atomic E-state index is 12.1. The molecule has 7 heteroatoms. The van der Waals surface area contributed by atoms with Crippen molar-refractivity contribution in [3.63, 3.8) is 0 Å². The van der Waals surface area contributed by atoms with Crippen molar-refractivity contribution in [1.29, 1.82) is 0 Å². The predicted octanol–water partition coefficient (Wildman–Crippen LogP) is -0.298. The van der Waals surface area contributed by atoms with E-state index in [-0.39, 0.29) is 18.1 Å². The molecule has 18 heavy (non-hydrogen) atoms. The van der Waals surface area contributed by atoms with Gasteiger partial charge in [-0.15, -0.1) is 0 Å². The summed E-state index contributed by atoms with van der Waals surface area (Å²) in [5.41, 5.74) is 12.2. The van der Waals surface area contributed by atoms with Crippen LogP contribution in [-0.4, -0.2) is 40.5 Å². The number of nitrogens with zero attached hydrogens (tertiary/aromatic N) is 2. The van der Waals surface area contributed by atoms with Crippen LogP contribution in [0.3, 0.4) is 0 Å². The first-order valence-electron chi connectivity index (χ1n) is 5.26. The molecule has 1 aromatic carbocycles. The second kappa shape index (κ2) is 4.36. The molecular weight excluding hydrogens is 234 g/mol. The Morgan fingerprint density at radius 3 is 2.83 bits per heavy atom. The second-order valence-corrected chi connectivity index (χ2v) is 4.00. The van der Waals surface area contributed by atoms with E-state index >= 15 is 0 Å². The van der Waals surface area contributed by atoms with E-state index in [9.17, 15) is 9.59 Å². The molecule has 5 N–H and O–H groups in total. The molecule has 0 fully saturated rings. The molecule has 0 bridgehead atoms. The molecule has 2 amide bonds. The van der Waals surface area contributed by atoms with E-state index in [0.717, 1.165) is 0 Å². The van der Waals surface area contributed by atoms with E-state index in [1.165, 1.54) is 11.9 Å². The van der Waals surface area contributed by atoms with Crippen molar-refractivity contribution in [1.82, 2.24) is 15.1 Å². The fourth-order valence-corrected chi connectivity index (χ4v) is 1.68. The van der Waals surface area contributed by atoms with Gasteiger partial charge in [0, 0.05) is 18.1 Å². The largest absolute Gasteiger partial charge is 0.399 e. The minimum Gasteiger partial charge on any atom is -0.399 e. The highest BCUT2D eigenvalue weighted by Crippen LogP contribution is 2.19. The van der Waals surface area contributed by atoms with Crippen LogP contribution in [0.25, 0.3) is 10.9 Å². The zero-order chi connectivity index (χ0) is 13.3. The summed E-state index contributed by atoms with van der Waals surface area (Å²) in [6.07, 6.45) is 0. The number of nitrogens with one attached hydrogen (secondary N) is 1. The second-order valence-electron chi connectivity index (χ2n) is 4.00. The molecule has 0 radical (unpaired) electrons. The van der Waals surface area contributed by atoms with Crippen LogP contribution in [0, 0.1) is 0 Å². The van der Waals surface area contributed by atoms with E-state index in [1.54, 1.807) is 18.2 Å². The van der Waals surface area contributed by atoms with E-state index in [0.29, 0.717) is 16.6 Å². The average molecular weight is 247 g/mol. The van der Waals surface area contributed by atoms with Crippen molar-refractivity contribution in [2.75, 3.05) is 19.3 Å². The molecule has 7 nitrogen and oxygen atoms in total. The fraction of sp³-hybridized carbons (Fsp3) is 0.182. The minimum atomic E-state index is -0.579. The van der Waals surface area contributed by atoms with Crippen LogP contribution in [0.1, 0.15) is 10.5 Å². The fourth-order valence-electron chi connectivity index (χ4n) is 1.68. The zero-order valence-electron chi connectivity index (χ0n) is 9.80. The van der Waals surface area contributed by atoms with Crippen molar-refractivity contribution >= 4 is 28.4 Å². The van der Waals surface area contributed by atoms with Crippen molar-refractivity contribution in [3.05, 3.63) is 23.9 Å². The number of fused-ring (bicyclic) bond motifs is 1. The SMILES string of the molecule is CN(CC(N)=O)C(=O)c1n[nH]c2ccc(N)cc12. The van der Waals surface area contributed by atoms with Crippen LogP contribution >= 0.6 is 0 Å². The number of benzene rings is 1. The molecule has 0 saturated heterocycles. The maximum atomic E-state index is 12.1. The number of nitrogens with two attached hydrogens (primary N) is 2. The Morgan fingerprint density at radius 1 is 1.44 bits per heavy atom. The Hall–Kier alpha value is -2.57. The van der Waals surface area contributed by atoms with Gasteiger partial charge in [0.25, 0.3) is 5.91 Å². The first-order valence-corrected chi connectivity index (χ1v) is 5.26. The average Bonchev–Trinajstić information content (AvgIpc) is 2.69. The van der Waals surface area contributed by atoms with E-state index in [4.69, 9.17) is 11.5 Å². The number of rotatable bonds is 3. The van der Waals surface area contributed by atoms with Gasteiger partial charge < -0.3 is 16.4 Å². The summed E-state index contributed by atoms with van der Waals surface area (Å²) in [4.78, 5) is 24.1. The molecule has 94 valence electrons. The Balaban J connectivity index is 2.38. The number of H-pyrrole nitrogens is 1. The van der Waals surface area contributed by atoms with Gasteiger partial charge >= 0.3 is 0 Å². The first-order chi connectivity index (χ1) is 8.49. The lowest BCUT2D eigenvalue weighted by atomic mass is 10.2. The van der Waals surface area contributed by atoms with Crippen LogP contribution in [-0.2, 0) is 4.79 Å². The molecule has 0 aliphatic rings. The van der Waals surface area contributed by atoms with Crippen LogP contribution in [0.2, 0.25) is 0 Å². The smallest absolute Gasteiger partial charge is 0.275 e. The van der Waals surface area contributed by atoms with Gasteiger partial charge in [0.05, 0.1) is 12.1 Å². The molecule has 1 aromatic heterocycles. The standard InChI is InChI=1S/C11H13N5O2/c1-16(5-9(13)17)11(18)10-7-4-6(12)2-3-8(7)14-15-10/h2-4H,5,12H2,1H3,(H2,13,17)(H,14,15). The summed E-state index contributed by atoms with van der Waals surface area (Å²) in [6.45, 7) is -0.157. The van der Waals surface area contributed by atoms with Crippen LogP contribution in [0.15, 0.2) is 18.2 Å². The normalized spacial score (nSPS) is 10.5. The molecule has 0 unspecified atom stereocenters. The number of carbonyl (C=O) groups excluding carboxylic acids is 2. The van der Waals surface area contributed by atoms with Gasteiger partial charge in [0.1, 0.15) is 0 Å². The van der Waals surface area contributed by atoms with Gasteiger partial charge in [-0.25, -0.2) is 0 Å². The number of hydrogen-bond acceptors (Lipinski definition) is 4. The number of carbonyl (C=O) groups is 2. The lowest BCUT2D eigenvalue weighted by molar-refractivity contribution is -0.118. The van der Waals surface area contributed by atoms with Crippen molar-refractivity contribution in [2.45, 2.75) is 0 Å². The Labute approximate surface area is 103 Å². The number of aromatic amines is 1. The topological polar surface area (TPSA) is 118 Å². The zero-order valence-corrected chi connectivity index (χ0v) is 9.80. The summed E-state index contributed by atoms with van der Waals surface area (Å²) in [5.74, 6) is -0.962. The summed E-state index contributed by atoms with van der Waals surface area (Å²) in [7, 11) is 1.49. The highest BCUT2D eigenvalue weighted by atomic mass is 16.2. The molecule has 1 heterocycles. The van der Waals surface area contributed by atoms with Gasteiger partial charge in [0.15, 0.2) is 5.69 Å². The highest BCUT2D eigenvalue weighted by molar-refractivity contribution is 6.06.